The van der Waals surface area contributed by atoms with E-state index in [2.05, 4.69) is 48.3 Å². The zero-order valence-electron chi connectivity index (χ0n) is 15.5. The molecule has 0 bridgehead atoms. The summed E-state index contributed by atoms with van der Waals surface area (Å²) in [4.78, 5) is 23.8. The molecule has 4 heteroatoms. The van der Waals surface area contributed by atoms with Gasteiger partial charge in [-0.3, -0.25) is 14.8 Å². The molecule has 0 saturated carbocycles. The standard InChI is InChI=1S/C23H23N3O/c1-17-7-9-18(10-8-17)16-20-4-2-5-21(25-20)22-6-3-15-26(22)23(27)19-11-13-24-14-12-19/h2,4-5,7-14,22H,3,6,15-16H2,1H3/t22-/m0/s1. The summed E-state index contributed by atoms with van der Waals surface area (Å²) in [5.74, 6) is 0.0608. The molecule has 27 heavy (non-hydrogen) atoms. The van der Waals surface area contributed by atoms with E-state index in [4.69, 9.17) is 4.98 Å². The van der Waals surface area contributed by atoms with Gasteiger partial charge in [0.15, 0.2) is 0 Å². The van der Waals surface area contributed by atoms with E-state index >= 15 is 0 Å². The maximum Gasteiger partial charge on any atom is 0.254 e. The molecular formula is C23H23N3O. The van der Waals surface area contributed by atoms with Crippen LogP contribution in [0, 0.1) is 6.92 Å². The number of aryl methyl sites for hydroxylation is 1. The normalized spacial score (nSPS) is 16.5. The average Bonchev–Trinajstić information content (AvgIpc) is 3.20. The van der Waals surface area contributed by atoms with Crippen molar-refractivity contribution in [2.45, 2.75) is 32.2 Å². The summed E-state index contributed by atoms with van der Waals surface area (Å²) >= 11 is 0. The van der Waals surface area contributed by atoms with Crippen molar-refractivity contribution in [3.63, 3.8) is 0 Å². The lowest BCUT2D eigenvalue weighted by atomic mass is 10.1. The van der Waals surface area contributed by atoms with Crippen molar-refractivity contribution >= 4 is 5.91 Å². The number of carbonyl (C=O) groups is 1. The smallest absolute Gasteiger partial charge is 0.254 e. The van der Waals surface area contributed by atoms with Crippen molar-refractivity contribution < 1.29 is 4.79 Å². The van der Waals surface area contributed by atoms with Crippen LogP contribution >= 0.6 is 0 Å². The van der Waals surface area contributed by atoms with Gasteiger partial charge in [-0.2, -0.15) is 0 Å². The molecule has 3 aromatic rings. The third-order valence-corrected chi connectivity index (χ3v) is 5.12. The zero-order chi connectivity index (χ0) is 18.6. The van der Waals surface area contributed by atoms with Crippen LogP contribution in [0.3, 0.4) is 0 Å². The molecule has 2 aromatic heterocycles. The summed E-state index contributed by atoms with van der Waals surface area (Å²) < 4.78 is 0. The van der Waals surface area contributed by atoms with Crippen molar-refractivity contribution in [2.75, 3.05) is 6.54 Å². The van der Waals surface area contributed by atoms with Crippen molar-refractivity contribution in [1.82, 2.24) is 14.9 Å². The van der Waals surface area contributed by atoms with Gasteiger partial charge in [-0.25, -0.2) is 0 Å². The van der Waals surface area contributed by atoms with E-state index in [9.17, 15) is 4.79 Å². The van der Waals surface area contributed by atoms with Gasteiger partial charge in [0.25, 0.3) is 5.91 Å². The second-order valence-corrected chi connectivity index (χ2v) is 7.11. The van der Waals surface area contributed by atoms with Crippen molar-refractivity contribution in [3.05, 3.63) is 95.1 Å². The molecule has 3 heterocycles. The highest BCUT2D eigenvalue weighted by atomic mass is 16.2. The highest BCUT2D eigenvalue weighted by Gasteiger charge is 2.31. The lowest BCUT2D eigenvalue weighted by Gasteiger charge is -2.24. The number of amides is 1. The highest BCUT2D eigenvalue weighted by molar-refractivity contribution is 5.94. The van der Waals surface area contributed by atoms with Crippen LogP contribution in [0.1, 0.15) is 51.8 Å². The van der Waals surface area contributed by atoms with Crippen molar-refractivity contribution in [1.29, 1.82) is 0 Å². The molecular weight excluding hydrogens is 334 g/mol. The fourth-order valence-electron chi connectivity index (χ4n) is 3.67. The topological polar surface area (TPSA) is 46.1 Å². The molecule has 1 aliphatic heterocycles. The number of benzene rings is 1. The molecule has 136 valence electrons. The maximum atomic E-state index is 12.9. The molecule has 1 aromatic carbocycles. The summed E-state index contributed by atoms with van der Waals surface area (Å²) in [6, 6.07) is 18.3. The van der Waals surface area contributed by atoms with Gasteiger partial charge in [-0.15, -0.1) is 0 Å². The Kier molecular flexibility index (Phi) is 4.97. The lowest BCUT2D eigenvalue weighted by Crippen LogP contribution is -2.31. The molecule has 0 radical (unpaired) electrons. The summed E-state index contributed by atoms with van der Waals surface area (Å²) in [6.45, 7) is 2.87. The Bertz CT molecular complexity index is 922. The van der Waals surface area contributed by atoms with Crippen LogP contribution in [-0.2, 0) is 6.42 Å². The first-order chi connectivity index (χ1) is 13.2. The average molecular weight is 357 g/mol. The van der Waals surface area contributed by atoms with Crippen LogP contribution < -0.4 is 0 Å². The Labute approximate surface area is 159 Å². The molecule has 0 N–H and O–H groups in total. The van der Waals surface area contributed by atoms with E-state index in [-0.39, 0.29) is 11.9 Å². The van der Waals surface area contributed by atoms with E-state index < -0.39 is 0 Å². The van der Waals surface area contributed by atoms with E-state index in [0.29, 0.717) is 5.56 Å². The fourth-order valence-corrected chi connectivity index (χ4v) is 3.67. The maximum absolute atomic E-state index is 12.9. The quantitative estimate of drug-likeness (QED) is 0.697. The summed E-state index contributed by atoms with van der Waals surface area (Å²) in [6.07, 6.45) is 6.10. The number of hydrogen-bond donors (Lipinski definition) is 0. The summed E-state index contributed by atoms with van der Waals surface area (Å²) in [5, 5.41) is 0. The number of rotatable bonds is 4. The van der Waals surface area contributed by atoms with E-state index in [0.717, 1.165) is 37.2 Å². The molecule has 0 aliphatic carbocycles. The number of hydrogen-bond acceptors (Lipinski definition) is 3. The largest absolute Gasteiger partial charge is 0.330 e. The van der Waals surface area contributed by atoms with Gasteiger partial charge in [-0.05, 0) is 49.6 Å². The Morgan fingerprint density at radius 1 is 1.07 bits per heavy atom. The number of carbonyl (C=O) groups excluding carboxylic acids is 1. The van der Waals surface area contributed by atoms with Crippen LogP contribution in [0.5, 0.6) is 0 Å². The fraction of sp³-hybridized carbons (Fsp3) is 0.261. The molecule has 1 fully saturated rings. The number of nitrogens with zero attached hydrogens (tertiary/aromatic N) is 3. The molecule has 4 rings (SSSR count). The third-order valence-electron chi connectivity index (χ3n) is 5.12. The minimum atomic E-state index is 0.0450. The van der Waals surface area contributed by atoms with E-state index in [1.807, 2.05) is 11.0 Å². The van der Waals surface area contributed by atoms with Crippen molar-refractivity contribution in [3.8, 4) is 0 Å². The predicted molar refractivity (Wildman–Crippen MR) is 105 cm³/mol. The van der Waals surface area contributed by atoms with Gasteiger partial charge in [-0.1, -0.05) is 35.9 Å². The van der Waals surface area contributed by atoms with Crippen molar-refractivity contribution in [2.24, 2.45) is 0 Å². The first kappa shape index (κ1) is 17.4. The van der Waals surface area contributed by atoms with Gasteiger partial charge < -0.3 is 4.90 Å². The Balaban J connectivity index is 1.55. The third kappa shape index (κ3) is 3.90. The van der Waals surface area contributed by atoms with Crippen LogP contribution in [0.25, 0.3) is 0 Å². The summed E-state index contributed by atoms with van der Waals surface area (Å²) in [7, 11) is 0. The monoisotopic (exact) mass is 357 g/mol. The molecule has 0 unspecified atom stereocenters. The van der Waals surface area contributed by atoms with Gasteiger partial charge >= 0.3 is 0 Å². The van der Waals surface area contributed by atoms with Crippen LogP contribution in [0.4, 0.5) is 0 Å². The first-order valence-corrected chi connectivity index (χ1v) is 9.43. The van der Waals surface area contributed by atoms with Crippen LogP contribution in [0.15, 0.2) is 67.0 Å². The predicted octanol–water partition coefficient (Wildman–Crippen LogP) is 4.35. The van der Waals surface area contributed by atoms with E-state index in [1.165, 1.54) is 11.1 Å². The van der Waals surface area contributed by atoms with Gasteiger partial charge in [0.05, 0.1) is 11.7 Å². The first-order valence-electron chi connectivity index (χ1n) is 9.43. The highest BCUT2D eigenvalue weighted by Crippen LogP contribution is 2.32. The minimum Gasteiger partial charge on any atom is -0.330 e. The molecule has 1 atom stereocenters. The Morgan fingerprint density at radius 2 is 1.85 bits per heavy atom. The molecule has 0 spiro atoms. The van der Waals surface area contributed by atoms with Gasteiger partial charge in [0.2, 0.25) is 0 Å². The van der Waals surface area contributed by atoms with Gasteiger partial charge in [0.1, 0.15) is 0 Å². The van der Waals surface area contributed by atoms with Crippen LogP contribution in [0.2, 0.25) is 0 Å². The number of pyridine rings is 2. The molecule has 1 saturated heterocycles. The lowest BCUT2D eigenvalue weighted by molar-refractivity contribution is 0.0732. The van der Waals surface area contributed by atoms with Gasteiger partial charge in [0, 0.05) is 36.6 Å². The Morgan fingerprint density at radius 3 is 2.63 bits per heavy atom. The molecule has 4 nitrogen and oxygen atoms in total. The molecule has 1 aliphatic rings. The summed E-state index contributed by atoms with van der Waals surface area (Å²) in [5.41, 5.74) is 5.23. The molecule has 1 amide bonds. The Hall–Kier alpha value is -3.01. The second-order valence-electron chi connectivity index (χ2n) is 7.11. The zero-order valence-corrected chi connectivity index (χ0v) is 15.5. The minimum absolute atomic E-state index is 0.0450. The SMILES string of the molecule is Cc1ccc(Cc2cccc([C@@H]3CCCN3C(=O)c3ccncc3)n2)cc1. The number of aromatic nitrogens is 2. The van der Waals surface area contributed by atoms with E-state index in [1.54, 1.807) is 24.5 Å². The number of likely N-dealkylation sites (tertiary alicyclic amines) is 1. The second kappa shape index (κ2) is 7.70. The van der Waals surface area contributed by atoms with Crippen LogP contribution in [-0.4, -0.2) is 27.3 Å².